The molecule has 0 rings (SSSR count). The van der Waals surface area contributed by atoms with E-state index < -0.39 is 17.9 Å². The number of allylic oxidation sites excluding steroid dienone is 6. The SMILES string of the molecule is CCCCCCCCCC/C=C\CCCCCCCC(=O)O.CCCCCCCCCC/C=C\CCCCCCCC(=O)O.CCCCCCCCCC/C=C\CCCCCCCC(=O)O.[Ce]. The third-order valence-corrected chi connectivity index (χ3v) is 12.5. The third-order valence-electron chi connectivity index (χ3n) is 12.5. The molecule has 7 heteroatoms. The Morgan fingerprint density at radius 2 is 0.373 bits per heavy atom. The Kier molecular flexibility index (Phi) is 75.0. The van der Waals surface area contributed by atoms with Crippen LogP contribution in [0.15, 0.2) is 36.5 Å². The molecular formula is C60H114CeO6. The van der Waals surface area contributed by atoms with Crippen LogP contribution in [0.5, 0.6) is 0 Å². The van der Waals surface area contributed by atoms with E-state index in [-0.39, 0.29) is 41.7 Å². The molecule has 0 saturated carbocycles. The van der Waals surface area contributed by atoms with Crippen molar-refractivity contribution in [2.45, 2.75) is 329 Å². The maximum absolute atomic E-state index is 10.4. The average molecular weight is 1070 g/mol. The molecule has 0 bridgehead atoms. The standard InChI is InChI=1S/3C20H38O2.Ce/c3*1-2-3-4-5-6-7-8-9-10-11-12-13-14-15-16-17-18-19-20(21)22;/h3*11-12H,2-10,13-19H2,1H3,(H,21,22);/b3*12-11-;. The Bertz CT molecular complexity index is 911. The Labute approximate surface area is 451 Å². The molecule has 0 saturated heterocycles. The zero-order valence-electron chi connectivity index (χ0n) is 45.0. The molecule has 0 spiro atoms. The zero-order chi connectivity index (χ0) is 48.9. The predicted octanol–water partition coefficient (Wildman–Crippen LogP) is 20.7. The summed E-state index contributed by atoms with van der Waals surface area (Å²) in [6.45, 7) is 6.81. The first-order valence-electron chi connectivity index (χ1n) is 28.9. The fraction of sp³-hybridized carbons (Fsp3) is 0.850. The summed E-state index contributed by atoms with van der Waals surface area (Å²) in [5.41, 5.74) is 0. The van der Waals surface area contributed by atoms with Crippen molar-refractivity contribution in [2.24, 2.45) is 0 Å². The van der Waals surface area contributed by atoms with Crippen molar-refractivity contribution >= 4 is 17.9 Å². The van der Waals surface area contributed by atoms with Crippen molar-refractivity contribution in [1.29, 1.82) is 0 Å². The number of rotatable bonds is 51. The first-order valence-corrected chi connectivity index (χ1v) is 28.9. The van der Waals surface area contributed by atoms with Gasteiger partial charge >= 0.3 is 17.9 Å². The van der Waals surface area contributed by atoms with E-state index in [9.17, 15) is 14.4 Å². The van der Waals surface area contributed by atoms with Crippen LogP contribution in [-0.4, -0.2) is 33.2 Å². The first-order chi connectivity index (χ1) is 32.3. The van der Waals surface area contributed by atoms with Crippen LogP contribution in [-0.2, 0) is 14.4 Å². The van der Waals surface area contributed by atoms with Gasteiger partial charge in [0.15, 0.2) is 0 Å². The number of hydrogen-bond acceptors (Lipinski definition) is 3. The minimum Gasteiger partial charge on any atom is -0.481 e. The Hall–Kier alpha value is -0.993. The van der Waals surface area contributed by atoms with Crippen LogP contribution >= 0.6 is 0 Å². The summed E-state index contributed by atoms with van der Waals surface area (Å²) in [5.74, 6) is -1.99. The molecule has 0 aromatic rings. The molecule has 0 aliphatic rings. The van der Waals surface area contributed by atoms with Gasteiger partial charge in [-0.1, -0.05) is 250 Å². The number of carboxylic acids is 3. The van der Waals surface area contributed by atoms with Crippen molar-refractivity contribution < 1.29 is 71.5 Å². The van der Waals surface area contributed by atoms with Crippen molar-refractivity contribution in [1.82, 2.24) is 0 Å². The Morgan fingerprint density at radius 3 is 0.522 bits per heavy atom. The first kappa shape index (κ1) is 72.5. The summed E-state index contributed by atoms with van der Waals surface area (Å²) >= 11 is 0. The average Bonchev–Trinajstić information content (AvgIpc) is 3.29. The molecule has 0 amide bonds. The minimum absolute atomic E-state index is 0. The van der Waals surface area contributed by atoms with Crippen LogP contribution in [0.2, 0.25) is 0 Å². The van der Waals surface area contributed by atoms with E-state index in [2.05, 4.69) is 57.2 Å². The van der Waals surface area contributed by atoms with Crippen LogP contribution in [0.1, 0.15) is 329 Å². The van der Waals surface area contributed by atoms with Crippen LogP contribution in [0.25, 0.3) is 0 Å². The Balaban J connectivity index is -0.000000441. The second-order valence-corrected chi connectivity index (χ2v) is 19.3. The largest absolute Gasteiger partial charge is 0.481 e. The van der Waals surface area contributed by atoms with Gasteiger partial charge in [0, 0.05) is 61.0 Å². The van der Waals surface area contributed by atoms with E-state index in [0.29, 0.717) is 19.3 Å². The molecule has 0 heterocycles. The Morgan fingerprint density at radius 1 is 0.239 bits per heavy atom. The van der Waals surface area contributed by atoms with E-state index in [1.165, 1.54) is 250 Å². The molecule has 0 radical (unpaired) electrons. The van der Waals surface area contributed by atoms with E-state index in [1.807, 2.05) is 0 Å². The van der Waals surface area contributed by atoms with E-state index in [1.54, 1.807) is 0 Å². The van der Waals surface area contributed by atoms with Gasteiger partial charge in [-0.3, -0.25) is 14.4 Å². The quantitative estimate of drug-likeness (QED) is 0.0413. The van der Waals surface area contributed by atoms with Crippen molar-refractivity contribution in [3.63, 3.8) is 0 Å². The van der Waals surface area contributed by atoms with E-state index in [0.717, 1.165) is 38.5 Å². The van der Waals surface area contributed by atoms with Gasteiger partial charge in [-0.05, 0) is 96.3 Å². The van der Waals surface area contributed by atoms with Crippen LogP contribution < -0.4 is 0 Å². The molecule has 67 heavy (non-hydrogen) atoms. The molecule has 0 fully saturated rings. The van der Waals surface area contributed by atoms with Gasteiger partial charge in [0.05, 0.1) is 0 Å². The predicted molar refractivity (Wildman–Crippen MR) is 289 cm³/mol. The second-order valence-electron chi connectivity index (χ2n) is 19.3. The monoisotopic (exact) mass is 1070 g/mol. The maximum atomic E-state index is 10.4. The minimum atomic E-state index is -0.663. The second kappa shape index (κ2) is 69.3. The molecule has 0 atom stereocenters. The summed E-state index contributed by atoms with van der Waals surface area (Å²) in [6.07, 6.45) is 72.5. The third kappa shape index (κ3) is 82.3. The fourth-order valence-electron chi connectivity index (χ4n) is 8.10. The van der Waals surface area contributed by atoms with Gasteiger partial charge < -0.3 is 15.3 Å². The van der Waals surface area contributed by atoms with Gasteiger partial charge in [0.2, 0.25) is 0 Å². The molecule has 6 nitrogen and oxygen atoms in total. The van der Waals surface area contributed by atoms with Gasteiger partial charge in [-0.2, -0.15) is 0 Å². The van der Waals surface area contributed by atoms with Gasteiger partial charge in [0.25, 0.3) is 0 Å². The number of aliphatic carboxylic acids is 3. The summed E-state index contributed by atoms with van der Waals surface area (Å²) in [4.78, 5) is 31.1. The van der Waals surface area contributed by atoms with Crippen molar-refractivity contribution in [3.8, 4) is 0 Å². The van der Waals surface area contributed by atoms with Crippen LogP contribution in [0, 0.1) is 41.7 Å². The van der Waals surface area contributed by atoms with Gasteiger partial charge in [0.1, 0.15) is 0 Å². The molecule has 0 unspecified atom stereocenters. The summed E-state index contributed by atoms with van der Waals surface area (Å²) < 4.78 is 0. The van der Waals surface area contributed by atoms with Gasteiger partial charge in [-0.15, -0.1) is 0 Å². The van der Waals surface area contributed by atoms with Gasteiger partial charge in [-0.25, -0.2) is 0 Å². The number of hydrogen-bond donors (Lipinski definition) is 3. The summed E-state index contributed by atoms with van der Waals surface area (Å²) in [6, 6.07) is 0. The van der Waals surface area contributed by atoms with Crippen molar-refractivity contribution in [2.75, 3.05) is 0 Å². The fourth-order valence-corrected chi connectivity index (χ4v) is 8.10. The van der Waals surface area contributed by atoms with E-state index >= 15 is 0 Å². The van der Waals surface area contributed by atoms with E-state index in [4.69, 9.17) is 15.3 Å². The van der Waals surface area contributed by atoms with Crippen LogP contribution in [0.3, 0.4) is 0 Å². The number of carbonyl (C=O) groups is 3. The molecule has 0 aromatic carbocycles. The molecule has 394 valence electrons. The molecule has 0 aliphatic carbocycles. The molecule has 0 aliphatic heterocycles. The normalized spacial score (nSPS) is 11.1. The molecule has 0 aromatic heterocycles. The molecule has 3 N–H and O–H groups in total. The van der Waals surface area contributed by atoms with Crippen LogP contribution in [0.4, 0.5) is 0 Å². The molecular weight excluding hydrogens is 957 g/mol. The zero-order valence-corrected chi connectivity index (χ0v) is 48.1. The smallest absolute Gasteiger partial charge is 0.303 e. The summed E-state index contributed by atoms with van der Waals surface area (Å²) in [5, 5.41) is 25.6. The maximum Gasteiger partial charge on any atom is 0.303 e. The van der Waals surface area contributed by atoms with Crippen molar-refractivity contribution in [3.05, 3.63) is 36.5 Å². The topological polar surface area (TPSA) is 112 Å². The summed E-state index contributed by atoms with van der Waals surface area (Å²) in [7, 11) is 0. The number of carboxylic acid groups (broad SMARTS) is 3. The number of unbranched alkanes of at least 4 members (excludes halogenated alkanes) is 39.